The molecule has 11 heteroatoms. The van der Waals surface area contributed by atoms with Gasteiger partial charge in [-0.1, -0.05) is 17.7 Å². The maximum absolute atomic E-state index is 13.3. The van der Waals surface area contributed by atoms with Crippen LogP contribution in [-0.2, 0) is 22.4 Å². The number of fused-ring (bicyclic) bond motifs is 1. The second-order valence-corrected chi connectivity index (χ2v) is 10.2. The topological polar surface area (TPSA) is 113 Å². The minimum Gasteiger partial charge on any atom is -0.312 e. The molecule has 182 valence electrons. The summed E-state index contributed by atoms with van der Waals surface area (Å²) in [6, 6.07) is 12.6. The minimum absolute atomic E-state index is 0.0916. The molecule has 2 aliphatic rings. The van der Waals surface area contributed by atoms with E-state index in [0.29, 0.717) is 34.2 Å². The monoisotopic (exact) mass is 520 g/mol. The first-order chi connectivity index (χ1) is 17.5. The Balaban J connectivity index is 1.30. The molecule has 0 bridgehead atoms. The standard InChI is InChI=1S/C25H21ClN6O3S/c26-15-6-8-16(9-7-15)31-13-14(11-22(31)33)23(34)28-21-12-19(20-5-2-10-36-20)30-32(21)25-27-18-4-1-3-17(18)24(35)29-25/h2,5-10,12,14H,1,3-4,11,13H2,(H,28,34)(H,27,29,35). The zero-order valence-corrected chi connectivity index (χ0v) is 20.6. The smallest absolute Gasteiger partial charge is 0.255 e. The van der Waals surface area contributed by atoms with Gasteiger partial charge in [-0.15, -0.1) is 11.3 Å². The van der Waals surface area contributed by atoms with E-state index in [9.17, 15) is 14.4 Å². The minimum atomic E-state index is -0.547. The first-order valence-electron chi connectivity index (χ1n) is 11.6. The van der Waals surface area contributed by atoms with Crippen molar-refractivity contribution in [3.8, 4) is 16.5 Å². The lowest BCUT2D eigenvalue weighted by atomic mass is 10.1. The third-order valence-corrected chi connectivity index (χ3v) is 7.64. The van der Waals surface area contributed by atoms with Crippen LogP contribution in [0.15, 0.2) is 52.6 Å². The molecule has 6 rings (SSSR count). The Labute approximate surface area is 214 Å². The van der Waals surface area contributed by atoms with E-state index >= 15 is 0 Å². The third-order valence-electron chi connectivity index (χ3n) is 6.50. The molecule has 9 nitrogen and oxygen atoms in total. The number of aromatic nitrogens is 4. The van der Waals surface area contributed by atoms with E-state index in [1.807, 2.05) is 17.5 Å². The summed E-state index contributed by atoms with van der Waals surface area (Å²) in [5.41, 5.74) is 2.64. The Morgan fingerprint density at radius 2 is 2.00 bits per heavy atom. The number of nitrogens with one attached hydrogen (secondary N) is 2. The van der Waals surface area contributed by atoms with Gasteiger partial charge < -0.3 is 10.2 Å². The number of nitrogens with zero attached hydrogens (tertiary/aromatic N) is 4. The molecule has 0 saturated carbocycles. The van der Waals surface area contributed by atoms with Crippen molar-refractivity contribution in [1.29, 1.82) is 0 Å². The van der Waals surface area contributed by atoms with Gasteiger partial charge in [0.25, 0.3) is 5.56 Å². The van der Waals surface area contributed by atoms with E-state index in [-0.39, 0.29) is 36.3 Å². The summed E-state index contributed by atoms with van der Waals surface area (Å²) in [4.78, 5) is 48.6. The predicted octanol–water partition coefficient (Wildman–Crippen LogP) is 3.82. The van der Waals surface area contributed by atoms with Crippen LogP contribution in [0.4, 0.5) is 11.5 Å². The van der Waals surface area contributed by atoms with Crippen LogP contribution in [0.1, 0.15) is 24.1 Å². The highest BCUT2D eigenvalue weighted by atomic mass is 35.5. The number of aromatic amines is 1. The lowest BCUT2D eigenvalue weighted by Gasteiger charge is -2.17. The van der Waals surface area contributed by atoms with E-state index in [1.54, 1.807) is 35.2 Å². The molecule has 2 N–H and O–H groups in total. The zero-order valence-electron chi connectivity index (χ0n) is 19.0. The number of hydrogen-bond acceptors (Lipinski definition) is 6. The van der Waals surface area contributed by atoms with Crippen LogP contribution in [0.5, 0.6) is 0 Å². The van der Waals surface area contributed by atoms with Crippen molar-refractivity contribution >= 4 is 46.3 Å². The van der Waals surface area contributed by atoms with Gasteiger partial charge in [-0.05, 0) is 55.0 Å². The van der Waals surface area contributed by atoms with Crippen molar-refractivity contribution in [2.75, 3.05) is 16.8 Å². The number of rotatable bonds is 5. The van der Waals surface area contributed by atoms with E-state index < -0.39 is 5.92 Å². The normalized spacial score (nSPS) is 17.0. The summed E-state index contributed by atoms with van der Waals surface area (Å²) in [5.74, 6) is -0.350. The van der Waals surface area contributed by atoms with Crippen LogP contribution in [0.3, 0.4) is 0 Å². The van der Waals surface area contributed by atoms with E-state index in [0.717, 1.165) is 23.4 Å². The fourth-order valence-electron chi connectivity index (χ4n) is 4.69. The van der Waals surface area contributed by atoms with Crippen LogP contribution in [0.2, 0.25) is 5.02 Å². The number of anilines is 2. The van der Waals surface area contributed by atoms with Gasteiger partial charge >= 0.3 is 0 Å². The number of H-pyrrole nitrogens is 1. The van der Waals surface area contributed by atoms with Gasteiger partial charge in [-0.3, -0.25) is 19.4 Å². The molecule has 1 aromatic carbocycles. The van der Waals surface area contributed by atoms with Gasteiger partial charge in [0.1, 0.15) is 11.5 Å². The molecule has 1 unspecified atom stereocenters. The fourth-order valence-corrected chi connectivity index (χ4v) is 5.49. The Morgan fingerprint density at radius 3 is 2.78 bits per heavy atom. The lowest BCUT2D eigenvalue weighted by molar-refractivity contribution is -0.122. The van der Waals surface area contributed by atoms with Crippen molar-refractivity contribution in [3.63, 3.8) is 0 Å². The molecule has 1 atom stereocenters. The molecule has 4 aromatic rings. The molecule has 1 saturated heterocycles. The number of carbonyl (C=O) groups is 2. The van der Waals surface area contributed by atoms with Gasteiger partial charge in [0.15, 0.2) is 0 Å². The highest BCUT2D eigenvalue weighted by Crippen LogP contribution is 2.30. The lowest BCUT2D eigenvalue weighted by Crippen LogP contribution is -2.29. The highest BCUT2D eigenvalue weighted by molar-refractivity contribution is 7.13. The molecule has 3 aromatic heterocycles. The zero-order chi connectivity index (χ0) is 24.8. The number of aryl methyl sites for hydroxylation is 1. The van der Waals surface area contributed by atoms with Crippen molar-refractivity contribution in [1.82, 2.24) is 19.7 Å². The number of amides is 2. The second-order valence-electron chi connectivity index (χ2n) is 8.84. The summed E-state index contributed by atoms with van der Waals surface area (Å²) in [5, 5.41) is 10.1. The van der Waals surface area contributed by atoms with Gasteiger partial charge in [0, 0.05) is 35.3 Å². The van der Waals surface area contributed by atoms with Crippen LogP contribution in [0.25, 0.3) is 16.5 Å². The first-order valence-corrected chi connectivity index (χ1v) is 12.9. The molecule has 1 aliphatic carbocycles. The average Bonchev–Trinajstić information content (AvgIpc) is 3.66. The number of benzene rings is 1. The van der Waals surface area contributed by atoms with Gasteiger partial charge in [-0.2, -0.15) is 9.78 Å². The maximum atomic E-state index is 13.3. The molecular formula is C25H21ClN6O3S. The molecular weight excluding hydrogens is 500 g/mol. The summed E-state index contributed by atoms with van der Waals surface area (Å²) in [7, 11) is 0. The van der Waals surface area contributed by atoms with Crippen molar-refractivity contribution in [2.45, 2.75) is 25.7 Å². The van der Waals surface area contributed by atoms with Crippen molar-refractivity contribution in [2.24, 2.45) is 5.92 Å². The van der Waals surface area contributed by atoms with Crippen molar-refractivity contribution < 1.29 is 9.59 Å². The number of carbonyl (C=O) groups excluding carboxylic acids is 2. The van der Waals surface area contributed by atoms with Crippen LogP contribution in [-0.4, -0.2) is 38.1 Å². The molecule has 0 radical (unpaired) electrons. The molecule has 4 heterocycles. The Morgan fingerprint density at radius 1 is 1.17 bits per heavy atom. The number of thiophene rings is 1. The van der Waals surface area contributed by atoms with Gasteiger partial charge in [-0.25, -0.2) is 4.98 Å². The van der Waals surface area contributed by atoms with E-state index in [1.165, 1.54) is 16.0 Å². The number of halogens is 1. The van der Waals surface area contributed by atoms with Crippen molar-refractivity contribution in [3.05, 3.63) is 74.5 Å². The summed E-state index contributed by atoms with van der Waals surface area (Å²) in [6.07, 6.45) is 2.42. The van der Waals surface area contributed by atoms with E-state index in [2.05, 4.69) is 20.4 Å². The average molecular weight is 521 g/mol. The number of hydrogen-bond donors (Lipinski definition) is 2. The largest absolute Gasteiger partial charge is 0.312 e. The van der Waals surface area contributed by atoms with Gasteiger partial charge in [0.2, 0.25) is 17.8 Å². The van der Waals surface area contributed by atoms with Crippen LogP contribution < -0.4 is 15.8 Å². The van der Waals surface area contributed by atoms with E-state index in [4.69, 9.17) is 11.6 Å². The molecule has 1 fully saturated rings. The Bertz CT molecular complexity index is 1530. The second kappa shape index (κ2) is 9.03. The van der Waals surface area contributed by atoms with Crippen LogP contribution >= 0.6 is 22.9 Å². The SMILES string of the molecule is O=C(Nc1cc(-c2cccs2)nn1-c1nc2c(c(=O)[nH]1)CCC2)C1CC(=O)N(c2ccc(Cl)cc2)C1. The fraction of sp³-hybridized carbons (Fsp3) is 0.240. The quantitative estimate of drug-likeness (QED) is 0.415. The Hall–Kier alpha value is -3.76. The molecule has 0 spiro atoms. The summed E-state index contributed by atoms with van der Waals surface area (Å²) >= 11 is 7.49. The first kappa shape index (κ1) is 22.7. The third kappa shape index (κ3) is 4.12. The highest BCUT2D eigenvalue weighted by Gasteiger charge is 2.35. The summed E-state index contributed by atoms with van der Waals surface area (Å²) < 4.78 is 1.46. The summed E-state index contributed by atoms with van der Waals surface area (Å²) in [6.45, 7) is 0.256. The molecule has 2 amide bonds. The molecule has 1 aliphatic heterocycles. The molecule has 36 heavy (non-hydrogen) atoms. The van der Waals surface area contributed by atoms with Crippen LogP contribution in [0, 0.1) is 5.92 Å². The Kier molecular flexibility index (Phi) is 5.69. The maximum Gasteiger partial charge on any atom is 0.255 e. The predicted molar refractivity (Wildman–Crippen MR) is 138 cm³/mol. The van der Waals surface area contributed by atoms with Gasteiger partial charge in [0.05, 0.1) is 16.5 Å².